The summed E-state index contributed by atoms with van der Waals surface area (Å²) in [5, 5.41) is 0. The molecule has 0 bridgehead atoms. The molecule has 2 aromatic heterocycles. The fourth-order valence-electron chi connectivity index (χ4n) is 3.59. The second kappa shape index (κ2) is 7.66. The molecule has 0 aliphatic carbocycles. The van der Waals surface area contributed by atoms with E-state index in [9.17, 15) is 17.6 Å². The number of benzene rings is 1. The maximum atomic E-state index is 13.9. The lowest BCUT2D eigenvalue weighted by Gasteiger charge is -2.33. The summed E-state index contributed by atoms with van der Waals surface area (Å²) in [6, 6.07) is 12.4. The summed E-state index contributed by atoms with van der Waals surface area (Å²) >= 11 is 0. The van der Waals surface area contributed by atoms with Crippen LogP contribution in [0.5, 0.6) is 0 Å². The number of aryl methyl sites for hydroxylation is 1. The molecule has 9 heteroatoms. The van der Waals surface area contributed by atoms with Gasteiger partial charge < -0.3 is 0 Å². The number of sulfonamides is 1. The van der Waals surface area contributed by atoms with Crippen LogP contribution in [0, 0.1) is 12.7 Å². The Balaban J connectivity index is 1.48. The van der Waals surface area contributed by atoms with E-state index in [0.29, 0.717) is 31.0 Å². The lowest BCUT2D eigenvalue weighted by molar-refractivity contribution is 0.179. The van der Waals surface area contributed by atoms with Gasteiger partial charge in [0.2, 0.25) is 10.0 Å². The Bertz CT molecular complexity index is 1220. The highest BCUT2D eigenvalue weighted by molar-refractivity contribution is 7.89. The summed E-state index contributed by atoms with van der Waals surface area (Å²) in [5.74, 6) is -0.744. The number of pyridine rings is 1. The second-order valence-corrected chi connectivity index (χ2v) is 8.96. The van der Waals surface area contributed by atoms with Crippen molar-refractivity contribution in [2.24, 2.45) is 0 Å². The van der Waals surface area contributed by atoms with E-state index in [1.807, 2.05) is 24.0 Å². The van der Waals surface area contributed by atoms with Crippen LogP contribution in [0.1, 0.15) is 11.4 Å². The van der Waals surface area contributed by atoms with E-state index in [1.165, 1.54) is 28.6 Å². The molecule has 1 aromatic carbocycles. The van der Waals surface area contributed by atoms with Crippen LogP contribution in [0.3, 0.4) is 0 Å². The van der Waals surface area contributed by atoms with Crippen LogP contribution in [0.2, 0.25) is 0 Å². The fourth-order valence-corrected chi connectivity index (χ4v) is 5.08. The summed E-state index contributed by atoms with van der Waals surface area (Å²) < 4.78 is 42.2. The summed E-state index contributed by atoms with van der Waals surface area (Å²) in [4.78, 5) is 18.7. The minimum Gasteiger partial charge on any atom is -0.295 e. The second-order valence-electron chi connectivity index (χ2n) is 7.06. The van der Waals surface area contributed by atoms with Crippen LogP contribution in [0.15, 0.2) is 58.2 Å². The number of fused-ring (bicyclic) bond motifs is 1. The van der Waals surface area contributed by atoms with E-state index in [2.05, 4.69) is 4.98 Å². The molecule has 7 nitrogen and oxygen atoms in total. The number of nitrogens with zero attached hydrogens (tertiary/aromatic N) is 4. The largest absolute Gasteiger partial charge is 0.295 e. The highest BCUT2D eigenvalue weighted by Crippen LogP contribution is 2.20. The Labute approximate surface area is 168 Å². The predicted octanol–water partition coefficient (Wildman–Crippen LogP) is 1.65. The highest BCUT2D eigenvalue weighted by Gasteiger charge is 2.30. The maximum Gasteiger partial charge on any atom is 0.258 e. The molecular formula is C20H21FN4O3S. The van der Waals surface area contributed by atoms with E-state index in [1.54, 1.807) is 10.5 Å². The molecule has 1 fully saturated rings. The van der Waals surface area contributed by atoms with Crippen molar-refractivity contribution in [2.75, 3.05) is 26.2 Å². The Morgan fingerprint density at radius 2 is 1.76 bits per heavy atom. The quantitative estimate of drug-likeness (QED) is 0.647. The van der Waals surface area contributed by atoms with Crippen molar-refractivity contribution in [3.63, 3.8) is 0 Å². The minimum atomic E-state index is -3.87. The number of aromatic nitrogens is 2. The first-order valence-electron chi connectivity index (χ1n) is 9.31. The molecule has 4 rings (SSSR count). The summed E-state index contributed by atoms with van der Waals surface area (Å²) in [6.07, 6.45) is 0. The molecule has 0 radical (unpaired) electrons. The third kappa shape index (κ3) is 3.81. The Morgan fingerprint density at radius 1 is 1.03 bits per heavy atom. The normalized spacial score (nSPS) is 16.3. The van der Waals surface area contributed by atoms with Gasteiger partial charge >= 0.3 is 0 Å². The standard InChI is InChI=1S/C20H21FN4O3S/c1-15-5-4-8-19-22-16(13-20(26)25(15)19)14-23-9-11-24(12-10-23)29(27,28)18-7-3-2-6-17(18)21/h2-8,13H,9-12,14H2,1H3. The van der Waals surface area contributed by atoms with Gasteiger partial charge in [-0.2, -0.15) is 4.31 Å². The monoisotopic (exact) mass is 416 g/mol. The zero-order valence-corrected chi connectivity index (χ0v) is 16.8. The van der Waals surface area contributed by atoms with Gasteiger partial charge in [-0.15, -0.1) is 0 Å². The Hall–Kier alpha value is -2.62. The van der Waals surface area contributed by atoms with E-state index >= 15 is 0 Å². The first-order valence-corrected chi connectivity index (χ1v) is 10.8. The zero-order valence-electron chi connectivity index (χ0n) is 16.0. The van der Waals surface area contributed by atoms with Crippen molar-refractivity contribution in [1.82, 2.24) is 18.6 Å². The lowest BCUT2D eigenvalue weighted by atomic mass is 10.3. The van der Waals surface area contributed by atoms with E-state index < -0.39 is 15.8 Å². The van der Waals surface area contributed by atoms with Crippen LogP contribution in [0.4, 0.5) is 4.39 Å². The summed E-state index contributed by atoms with van der Waals surface area (Å²) in [5.41, 5.74) is 1.92. The topological polar surface area (TPSA) is 75.0 Å². The minimum absolute atomic E-state index is 0.135. The average Bonchev–Trinajstić information content (AvgIpc) is 2.68. The van der Waals surface area contributed by atoms with Gasteiger partial charge in [0.05, 0.1) is 5.69 Å². The highest BCUT2D eigenvalue weighted by atomic mass is 32.2. The molecule has 0 N–H and O–H groups in total. The zero-order chi connectivity index (χ0) is 20.6. The molecule has 1 aliphatic rings. The maximum absolute atomic E-state index is 13.9. The van der Waals surface area contributed by atoms with Crippen LogP contribution in [-0.2, 0) is 16.6 Å². The van der Waals surface area contributed by atoms with Crippen molar-refractivity contribution in [2.45, 2.75) is 18.4 Å². The van der Waals surface area contributed by atoms with Gasteiger partial charge in [-0.3, -0.25) is 14.1 Å². The predicted molar refractivity (Wildman–Crippen MR) is 107 cm³/mol. The number of rotatable bonds is 4. The molecule has 3 aromatic rings. The molecule has 0 spiro atoms. The van der Waals surface area contributed by atoms with E-state index in [-0.39, 0.29) is 23.5 Å². The fraction of sp³-hybridized carbons (Fsp3) is 0.300. The summed E-state index contributed by atoms with van der Waals surface area (Å²) in [6.45, 7) is 3.76. The molecule has 29 heavy (non-hydrogen) atoms. The van der Waals surface area contributed by atoms with Gasteiger partial charge in [-0.1, -0.05) is 18.2 Å². The Morgan fingerprint density at radius 3 is 2.48 bits per heavy atom. The number of hydrogen-bond donors (Lipinski definition) is 0. The van der Waals surface area contributed by atoms with Crippen molar-refractivity contribution in [1.29, 1.82) is 0 Å². The molecule has 152 valence electrons. The average molecular weight is 416 g/mol. The van der Waals surface area contributed by atoms with Gasteiger partial charge in [-0.25, -0.2) is 17.8 Å². The number of halogens is 1. The van der Waals surface area contributed by atoms with Gasteiger partial charge in [0.15, 0.2) is 0 Å². The van der Waals surface area contributed by atoms with Crippen LogP contribution in [0.25, 0.3) is 5.65 Å². The first kappa shape index (κ1) is 19.7. The summed E-state index contributed by atoms with van der Waals surface area (Å²) in [7, 11) is -3.87. The SMILES string of the molecule is Cc1cccc2nc(CN3CCN(S(=O)(=O)c4ccccc4F)CC3)cc(=O)n12. The third-order valence-electron chi connectivity index (χ3n) is 5.10. The van der Waals surface area contributed by atoms with Crippen LogP contribution >= 0.6 is 0 Å². The van der Waals surface area contributed by atoms with Gasteiger partial charge in [0.1, 0.15) is 16.4 Å². The Kier molecular flexibility index (Phi) is 5.20. The third-order valence-corrected chi connectivity index (χ3v) is 7.04. The number of hydrogen-bond acceptors (Lipinski definition) is 5. The van der Waals surface area contributed by atoms with Crippen molar-refractivity contribution >= 4 is 15.7 Å². The first-order chi connectivity index (χ1) is 13.9. The molecule has 0 unspecified atom stereocenters. The molecule has 0 atom stereocenters. The van der Waals surface area contributed by atoms with Crippen molar-refractivity contribution in [3.05, 3.63) is 76.1 Å². The van der Waals surface area contributed by atoms with E-state index in [4.69, 9.17) is 0 Å². The van der Waals surface area contributed by atoms with Crippen LogP contribution < -0.4 is 5.56 Å². The number of piperazine rings is 1. The molecule has 0 saturated carbocycles. The molecule has 3 heterocycles. The van der Waals surface area contributed by atoms with Crippen LogP contribution in [-0.4, -0.2) is 53.2 Å². The van der Waals surface area contributed by atoms with Crippen molar-refractivity contribution in [3.8, 4) is 0 Å². The molecule has 1 aliphatic heterocycles. The molecular weight excluding hydrogens is 395 g/mol. The van der Waals surface area contributed by atoms with Crippen molar-refractivity contribution < 1.29 is 12.8 Å². The smallest absolute Gasteiger partial charge is 0.258 e. The molecule has 0 amide bonds. The van der Waals surface area contributed by atoms with Gasteiger partial charge in [-0.05, 0) is 31.2 Å². The van der Waals surface area contributed by atoms with Gasteiger partial charge in [0, 0.05) is 44.5 Å². The van der Waals surface area contributed by atoms with Gasteiger partial charge in [0.25, 0.3) is 5.56 Å². The van der Waals surface area contributed by atoms with E-state index in [0.717, 1.165) is 11.8 Å². The lowest BCUT2D eigenvalue weighted by Crippen LogP contribution is -2.48. The molecule has 1 saturated heterocycles.